The summed E-state index contributed by atoms with van der Waals surface area (Å²) in [6, 6.07) is 15.0. The molecule has 20 heteroatoms. The molecule has 2 aromatic carbocycles. The van der Waals surface area contributed by atoms with Crippen molar-refractivity contribution in [1.82, 2.24) is 15.2 Å². The van der Waals surface area contributed by atoms with Gasteiger partial charge in [-0.2, -0.15) is 5.10 Å². The van der Waals surface area contributed by atoms with Gasteiger partial charge in [0.05, 0.1) is 19.4 Å². The maximum atomic E-state index is 12.5. The van der Waals surface area contributed by atoms with Crippen molar-refractivity contribution >= 4 is 62.3 Å². The van der Waals surface area contributed by atoms with Crippen LogP contribution in [0.1, 0.15) is 36.8 Å². The molecule has 292 valence electrons. The first-order valence-electron chi connectivity index (χ1n) is 16.4. The van der Waals surface area contributed by atoms with E-state index in [4.69, 9.17) is 32.7 Å². The fourth-order valence-corrected chi connectivity index (χ4v) is 7.34. The summed E-state index contributed by atoms with van der Waals surface area (Å²) in [5.41, 5.74) is 5.06. The zero-order valence-corrected chi connectivity index (χ0v) is 32.5. The minimum absolute atomic E-state index is 0.0150. The van der Waals surface area contributed by atoms with E-state index in [0.717, 1.165) is 17.7 Å². The van der Waals surface area contributed by atoms with Crippen LogP contribution in [0.4, 0.5) is 10.5 Å². The van der Waals surface area contributed by atoms with Crippen LogP contribution in [0.3, 0.4) is 0 Å². The number of anilines is 1. The third-order valence-electron chi connectivity index (χ3n) is 7.89. The number of likely N-dealkylation sites (N-methyl/N-ethyl adjacent to an activating group) is 1. The SMILES string of the molecule is CN(CCCOc1cccc(C=NNC(=O)OCCN(C)C(=O)CCCc2ccc(N(CCCl)CCCl)cc2)c1)CCC(O)(P(=O)(O)O)P(=O)(O)O. The first kappa shape index (κ1) is 45.4. The van der Waals surface area contributed by atoms with Gasteiger partial charge in [-0.1, -0.05) is 24.3 Å². The summed E-state index contributed by atoms with van der Waals surface area (Å²) >= 11 is 11.8. The molecule has 0 radical (unpaired) electrons. The van der Waals surface area contributed by atoms with Gasteiger partial charge in [-0.15, -0.1) is 23.2 Å². The van der Waals surface area contributed by atoms with Crippen molar-refractivity contribution in [2.24, 2.45) is 5.10 Å². The third kappa shape index (κ3) is 15.7. The predicted octanol–water partition coefficient (Wildman–Crippen LogP) is 3.60. The summed E-state index contributed by atoms with van der Waals surface area (Å²) in [5, 5.41) is 10.4. The third-order valence-corrected chi connectivity index (χ3v) is 12.1. The molecule has 0 aliphatic carbocycles. The summed E-state index contributed by atoms with van der Waals surface area (Å²) < 4.78 is 33.8. The van der Waals surface area contributed by atoms with Gasteiger partial charge in [0.25, 0.3) is 5.08 Å². The van der Waals surface area contributed by atoms with Crippen molar-refractivity contribution in [2.45, 2.75) is 37.2 Å². The molecule has 0 aromatic heterocycles. The molecule has 0 saturated heterocycles. The van der Waals surface area contributed by atoms with E-state index >= 15 is 0 Å². The summed E-state index contributed by atoms with van der Waals surface area (Å²) in [4.78, 5) is 66.8. The van der Waals surface area contributed by atoms with Crippen LogP contribution in [0.5, 0.6) is 5.75 Å². The minimum Gasteiger partial charge on any atom is -0.494 e. The lowest BCUT2D eigenvalue weighted by molar-refractivity contribution is -0.130. The molecule has 0 spiro atoms. The Morgan fingerprint density at radius 2 is 1.56 bits per heavy atom. The number of aliphatic hydroxyl groups is 1. The van der Waals surface area contributed by atoms with Crippen LogP contribution in [-0.2, 0) is 25.1 Å². The average Bonchev–Trinajstić information content (AvgIpc) is 3.08. The van der Waals surface area contributed by atoms with Crippen LogP contribution in [-0.4, -0.2) is 130 Å². The Bertz CT molecular complexity index is 1500. The molecular formula is C32H49Cl2N5O11P2. The largest absolute Gasteiger partial charge is 0.494 e. The summed E-state index contributed by atoms with van der Waals surface area (Å²) in [6.07, 6.45) is 2.01. The number of hydrogen-bond acceptors (Lipinski definition) is 10. The van der Waals surface area contributed by atoms with E-state index in [-0.39, 0.29) is 32.2 Å². The van der Waals surface area contributed by atoms with Crippen LogP contribution in [0, 0.1) is 0 Å². The summed E-state index contributed by atoms with van der Waals surface area (Å²) in [6.45, 7) is 2.03. The highest BCUT2D eigenvalue weighted by Gasteiger charge is 2.58. The lowest BCUT2D eigenvalue weighted by atomic mass is 10.1. The van der Waals surface area contributed by atoms with E-state index < -0.39 is 32.8 Å². The van der Waals surface area contributed by atoms with Gasteiger partial charge in [0, 0.05) is 63.5 Å². The Morgan fingerprint density at radius 1 is 0.904 bits per heavy atom. The number of rotatable bonds is 24. The standard InChI is InChI=1S/C32H49Cl2N5O11P2/c1-37(18-14-32(42,51(43,44)45)52(46,47)48)17-5-22-49-29-8-3-7-27(24-29)25-35-36-31(41)50-23-21-38(2)30(40)9-4-6-26-10-12-28(13-11-26)39(19-15-33)20-16-34/h3,7-8,10-13,24-25,42H,4-6,9,14-23H2,1-2H3,(H,36,41)(H2,43,44,45)(H2,46,47,48). The number of nitrogens with one attached hydrogen (secondary N) is 1. The maximum absolute atomic E-state index is 12.5. The number of aryl methyl sites for hydroxylation is 1. The van der Waals surface area contributed by atoms with Crippen molar-refractivity contribution in [2.75, 3.05) is 76.7 Å². The summed E-state index contributed by atoms with van der Waals surface area (Å²) in [7, 11) is -7.79. The number of benzene rings is 2. The molecule has 52 heavy (non-hydrogen) atoms. The highest BCUT2D eigenvalue weighted by molar-refractivity contribution is 7.72. The Balaban J connectivity index is 1.65. The van der Waals surface area contributed by atoms with Crippen LogP contribution in [0.15, 0.2) is 53.6 Å². The Morgan fingerprint density at radius 3 is 2.17 bits per heavy atom. The van der Waals surface area contributed by atoms with Crippen LogP contribution >= 0.6 is 38.4 Å². The van der Waals surface area contributed by atoms with Gasteiger partial charge in [-0.05, 0) is 61.7 Å². The number of carbonyl (C=O) groups excluding carboxylic acids is 2. The Labute approximate surface area is 314 Å². The number of ether oxygens (including phenoxy) is 2. The smallest absolute Gasteiger partial charge is 0.427 e. The Kier molecular flexibility index (Phi) is 19.6. The molecule has 0 aliphatic rings. The molecule has 16 nitrogen and oxygen atoms in total. The molecule has 0 saturated carbocycles. The molecule has 2 aromatic rings. The van der Waals surface area contributed by atoms with Gasteiger partial charge in [0.15, 0.2) is 0 Å². The number of amides is 2. The van der Waals surface area contributed by atoms with E-state index in [1.165, 1.54) is 11.1 Å². The molecule has 0 heterocycles. The van der Waals surface area contributed by atoms with Gasteiger partial charge in [0.1, 0.15) is 12.4 Å². The molecule has 6 N–H and O–H groups in total. The normalized spacial score (nSPS) is 12.3. The van der Waals surface area contributed by atoms with Crippen LogP contribution in [0.2, 0.25) is 0 Å². The molecular weight excluding hydrogens is 763 g/mol. The zero-order chi connectivity index (χ0) is 38.8. The fraction of sp³-hybridized carbons (Fsp3) is 0.531. The lowest BCUT2D eigenvalue weighted by Crippen LogP contribution is -2.34. The van der Waals surface area contributed by atoms with Gasteiger partial charge in [-0.25, -0.2) is 10.2 Å². The fourth-order valence-electron chi connectivity index (χ4n) is 4.80. The number of hydrazone groups is 1. The monoisotopic (exact) mass is 811 g/mol. The van der Waals surface area contributed by atoms with E-state index in [0.29, 0.717) is 62.0 Å². The van der Waals surface area contributed by atoms with Crippen molar-refractivity contribution in [1.29, 1.82) is 0 Å². The van der Waals surface area contributed by atoms with Gasteiger partial charge in [0.2, 0.25) is 5.91 Å². The number of carbonyl (C=O) groups is 2. The summed E-state index contributed by atoms with van der Waals surface area (Å²) in [5.74, 6) is 1.47. The lowest BCUT2D eigenvalue weighted by Gasteiger charge is -2.30. The predicted molar refractivity (Wildman–Crippen MR) is 200 cm³/mol. The van der Waals surface area contributed by atoms with Crippen molar-refractivity contribution in [3.8, 4) is 5.75 Å². The topological polar surface area (TPSA) is 222 Å². The Hall–Kier alpha value is -2.75. The molecule has 0 atom stereocenters. The van der Waals surface area contributed by atoms with Crippen molar-refractivity contribution in [3.05, 3.63) is 59.7 Å². The average molecular weight is 813 g/mol. The molecule has 2 amide bonds. The zero-order valence-electron chi connectivity index (χ0n) is 29.2. The van der Waals surface area contributed by atoms with E-state index in [1.807, 2.05) is 24.3 Å². The highest BCUT2D eigenvalue weighted by atomic mass is 35.5. The second kappa shape index (κ2) is 22.5. The minimum atomic E-state index is -5.50. The number of hydrogen-bond donors (Lipinski definition) is 6. The van der Waals surface area contributed by atoms with Gasteiger partial charge < -0.3 is 48.9 Å². The van der Waals surface area contributed by atoms with Crippen LogP contribution in [0.25, 0.3) is 0 Å². The molecule has 0 unspecified atom stereocenters. The number of alkyl halides is 2. The van der Waals surface area contributed by atoms with Gasteiger partial charge >= 0.3 is 21.3 Å². The van der Waals surface area contributed by atoms with Crippen molar-refractivity contribution in [3.63, 3.8) is 0 Å². The van der Waals surface area contributed by atoms with E-state index in [9.17, 15) is 43.4 Å². The number of nitrogens with zero attached hydrogens (tertiary/aromatic N) is 4. The quantitative estimate of drug-likeness (QED) is 0.0294. The second-order valence-corrected chi connectivity index (χ2v) is 16.7. The van der Waals surface area contributed by atoms with E-state index in [2.05, 4.69) is 15.4 Å². The van der Waals surface area contributed by atoms with Crippen LogP contribution < -0.4 is 15.1 Å². The second-order valence-electron chi connectivity index (χ2n) is 11.9. The highest BCUT2D eigenvalue weighted by Crippen LogP contribution is 2.68. The first-order valence-corrected chi connectivity index (χ1v) is 20.7. The molecule has 0 fully saturated rings. The molecule has 0 bridgehead atoms. The maximum Gasteiger partial charge on any atom is 0.427 e. The van der Waals surface area contributed by atoms with E-state index in [1.54, 1.807) is 43.3 Å². The van der Waals surface area contributed by atoms with Gasteiger partial charge in [-0.3, -0.25) is 13.9 Å². The molecule has 2 rings (SSSR count). The van der Waals surface area contributed by atoms with Crippen molar-refractivity contribution < 1.29 is 52.9 Å². The molecule has 0 aliphatic heterocycles. The number of halogens is 2. The first-order chi connectivity index (χ1) is 24.5.